The summed E-state index contributed by atoms with van der Waals surface area (Å²) in [4.78, 5) is 27.9. The molecule has 7 rings (SSSR count). The lowest BCUT2D eigenvalue weighted by Crippen LogP contribution is -2.20. The summed E-state index contributed by atoms with van der Waals surface area (Å²) in [6.07, 6.45) is 3.38. The van der Waals surface area contributed by atoms with Crippen molar-refractivity contribution in [2.75, 3.05) is 0 Å². The summed E-state index contributed by atoms with van der Waals surface area (Å²) in [5.41, 5.74) is 4.97. The molecule has 0 aliphatic heterocycles. The summed E-state index contributed by atoms with van der Waals surface area (Å²) in [5, 5.41) is 2.93. The van der Waals surface area contributed by atoms with Gasteiger partial charge in [-0.3, -0.25) is 14.2 Å². The van der Waals surface area contributed by atoms with E-state index >= 15 is 0 Å². The highest BCUT2D eigenvalue weighted by Gasteiger charge is 2.15. The van der Waals surface area contributed by atoms with Crippen LogP contribution in [0.1, 0.15) is 12.5 Å². The molecule has 0 bridgehead atoms. The molecule has 0 atom stereocenters. The molecule has 38 heavy (non-hydrogen) atoms. The Morgan fingerprint density at radius 1 is 0.921 bits per heavy atom. The van der Waals surface area contributed by atoms with E-state index in [2.05, 4.69) is 47.9 Å². The SMILES string of the molecule is CCn1c2ccccc2c2cc(N=Cc3c(Sc4nc5ccccc5s4)nc4ccccn4c3=O)ccc21. The quantitative estimate of drug-likeness (QED) is 0.172. The van der Waals surface area contributed by atoms with Gasteiger partial charge in [0.15, 0.2) is 4.34 Å². The molecule has 4 aromatic heterocycles. The molecule has 6 nitrogen and oxygen atoms in total. The minimum atomic E-state index is -0.161. The van der Waals surface area contributed by atoms with Gasteiger partial charge in [-0.15, -0.1) is 11.3 Å². The van der Waals surface area contributed by atoms with Crippen molar-refractivity contribution in [2.24, 2.45) is 4.99 Å². The van der Waals surface area contributed by atoms with Crippen LogP contribution in [-0.2, 0) is 6.54 Å². The van der Waals surface area contributed by atoms with Gasteiger partial charge in [-0.25, -0.2) is 9.97 Å². The van der Waals surface area contributed by atoms with Crippen LogP contribution >= 0.6 is 23.1 Å². The number of thiazole rings is 1. The molecule has 0 aliphatic rings. The second-order valence-electron chi connectivity index (χ2n) is 8.84. The molecule has 0 unspecified atom stereocenters. The van der Waals surface area contributed by atoms with E-state index in [9.17, 15) is 4.79 Å². The van der Waals surface area contributed by atoms with Crippen molar-refractivity contribution in [1.82, 2.24) is 18.9 Å². The molecule has 7 aromatic rings. The molecule has 0 aliphatic carbocycles. The number of aryl methyl sites for hydroxylation is 1. The molecular formula is C30H21N5OS2. The topological polar surface area (TPSA) is 64.6 Å². The van der Waals surface area contributed by atoms with Gasteiger partial charge in [-0.05, 0) is 67.2 Å². The van der Waals surface area contributed by atoms with Gasteiger partial charge in [-0.2, -0.15) is 0 Å². The first-order valence-corrected chi connectivity index (χ1v) is 13.9. The number of fused-ring (bicyclic) bond motifs is 5. The summed E-state index contributed by atoms with van der Waals surface area (Å²) in [5.74, 6) is 0. The summed E-state index contributed by atoms with van der Waals surface area (Å²) >= 11 is 2.99. The van der Waals surface area contributed by atoms with Gasteiger partial charge in [-0.1, -0.05) is 36.4 Å². The molecule has 0 fully saturated rings. The Balaban J connectivity index is 1.35. The van der Waals surface area contributed by atoms with E-state index in [0.717, 1.165) is 32.2 Å². The molecule has 184 valence electrons. The third-order valence-electron chi connectivity index (χ3n) is 6.61. The lowest BCUT2D eigenvalue weighted by Gasteiger charge is -2.06. The maximum absolute atomic E-state index is 13.6. The molecule has 0 N–H and O–H groups in total. The Morgan fingerprint density at radius 3 is 2.63 bits per heavy atom. The number of aromatic nitrogens is 4. The largest absolute Gasteiger partial charge is 0.341 e. The van der Waals surface area contributed by atoms with Gasteiger partial charge in [0.25, 0.3) is 5.56 Å². The van der Waals surface area contributed by atoms with Crippen molar-refractivity contribution < 1.29 is 0 Å². The van der Waals surface area contributed by atoms with Gasteiger partial charge < -0.3 is 4.57 Å². The van der Waals surface area contributed by atoms with Crippen molar-refractivity contribution in [3.05, 3.63) is 107 Å². The Kier molecular flexibility index (Phi) is 5.56. The molecule has 8 heteroatoms. The zero-order chi connectivity index (χ0) is 25.6. The predicted molar refractivity (Wildman–Crippen MR) is 158 cm³/mol. The fourth-order valence-corrected chi connectivity index (χ4v) is 6.92. The van der Waals surface area contributed by atoms with E-state index in [1.807, 2.05) is 48.5 Å². The maximum atomic E-state index is 13.6. The molecule has 3 aromatic carbocycles. The van der Waals surface area contributed by atoms with Gasteiger partial charge >= 0.3 is 0 Å². The van der Waals surface area contributed by atoms with Gasteiger partial charge in [0.1, 0.15) is 10.7 Å². The average Bonchev–Trinajstić information content (AvgIpc) is 3.50. The van der Waals surface area contributed by atoms with E-state index < -0.39 is 0 Å². The first-order valence-electron chi connectivity index (χ1n) is 12.3. The second kappa shape index (κ2) is 9.24. The Morgan fingerprint density at radius 2 is 1.74 bits per heavy atom. The van der Waals surface area contributed by atoms with Gasteiger partial charge in [0.2, 0.25) is 0 Å². The fourth-order valence-electron chi connectivity index (χ4n) is 4.85. The van der Waals surface area contributed by atoms with Crippen LogP contribution in [0.25, 0.3) is 37.7 Å². The van der Waals surface area contributed by atoms with Gasteiger partial charge in [0.05, 0.1) is 21.5 Å². The first-order chi connectivity index (χ1) is 18.7. The maximum Gasteiger partial charge on any atom is 0.267 e. The van der Waals surface area contributed by atoms with Crippen molar-refractivity contribution in [1.29, 1.82) is 0 Å². The number of hydrogen-bond acceptors (Lipinski definition) is 6. The fraction of sp³-hybridized carbons (Fsp3) is 0.0667. The van der Waals surface area contributed by atoms with Crippen LogP contribution in [0, 0.1) is 0 Å². The van der Waals surface area contributed by atoms with Crippen molar-refractivity contribution >= 4 is 72.7 Å². The highest BCUT2D eigenvalue weighted by atomic mass is 32.2. The number of hydrogen-bond donors (Lipinski definition) is 0. The van der Waals surface area contributed by atoms with Crippen LogP contribution in [0.5, 0.6) is 0 Å². The van der Waals surface area contributed by atoms with E-state index in [0.29, 0.717) is 16.2 Å². The summed E-state index contributed by atoms with van der Waals surface area (Å²) in [6.45, 7) is 3.04. The number of aliphatic imine (C=N–C) groups is 1. The zero-order valence-electron chi connectivity index (χ0n) is 20.4. The molecule has 0 saturated heterocycles. The first kappa shape index (κ1) is 22.9. The van der Waals surface area contributed by atoms with Crippen molar-refractivity contribution in [3.8, 4) is 0 Å². The predicted octanol–water partition coefficient (Wildman–Crippen LogP) is 7.33. The number of rotatable bonds is 5. The second-order valence-corrected chi connectivity index (χ2v) is 11.1. The summed E-state index contributed by atoms with van der Waals surface area (Å²) in [7, 11) is 0. The summed E-state index contributed by atoms with van der Waals surface area (Å²) < 4.78 is 5.80. The number of benzene rings is 3. The molecule has 0 spiro atoms. The molecule has 0 saturated carbocycles. The van der Waals surface area contributed by atoms with E-state index in [1.54, 1.807) is 28.1 Å². The van der Waals surface area contributed by atoms with Crippen LogP contribution in [0.15, 0.2) is 110 Å². The average molecular weight is 532 g/mol. The molecule has 0 amide bonds. The van der Waals surface area contributed by atoms with E-state index in [4.69, 9.17) is 15.0 Å². The number of pyridine rings is 1. The van der Waals surface area contributed by atoms with Crippen LogP contribution in [0.2, 0.25) is 0 Å². The number of para-hydroxylation sites is 2. The Bertz CT molecular complexity index is 2050. The normalized spacial score (nSPS) is 12.0. The smallest absolute Gasteiger partial charge is 0.267 e. The minimum Gasteiger partial charge on any atom is -0.341 e. The lowest BCUT2D eigenvalue weighted by atomic mass is 10.1. The highest BCUT2D eigenvalue weighted by Crippen LogP contribution is 2.35. The third-order valence-corrected chi connectivity index (χ3v) is 8.71. The van der Waals surface area contributed by atoms with Crippen LogP contribution in [-0.4, -0.2) is 25.2 Å². The van der Waals surface area contributed by atoms with Crippen LogP contribution in [0.4, 0.5) is 5.69 Å². The standard InChI is InChI=1S/C30H21N5OS2/c1-2-34-24-11-5-3-9-20(24)21-17-19(14-15-25(21)34)31-18-22-28(33-27-13-7-8-16-35(27)29(22)36)38-30-32-23-10-4-6-12-26(23)37-30/h3-18H,2H2,1H3. The lowest BCUT2D eigenvalue weighted by molar-refractivity contribution is 0.827. The zero-order valence-corrected chi connectivity index (χ0v) is 22.0. The molecular weight excluding hydrogens is 510 g/mol. The van der Waals surface area contributed by atoms with Crippen molar-refractivity contribution in [3.63, 3.8) is 0 Å². The van der Waals surface area contributed by atoms with Gasteiger partial charge in [0, 0.05) is 40.8 Å². The number of nitrogens with zero attached hydrogens (tertiary/aromatic N) is 5. The van der Waals surface area contributed by atoms with E-state index in [-0.39, 0.29) is 5.56 Å². The minimum absolute atomic E-state index is 0.161. The van der Waals surface area contributed by atoms with Crippen molar-refractivity contribution in [2.45, 2.75) is 22.8 Å². The van der Waals surface area contributed by atoms with Crippen LogP contribution < -0.4 is 5.56 Å². The summed E-state index contributed by atoms with van der Waals surface area (Å²) in [6, 6.07) is 28.2. The third kappa shape index (κ3) is 3.81. The Labute approximate surface area is 225 Å². The Hall–Kier alpha value is -4.27. The monoisotopic (exact) mass is 531 g/mol. The molecule has 4 heterocycles. The molecule has 0 radical (unpaired) electrons. The van der Waals surface area contributed by atoms with Crippen LogP contribution in [0.3, 0.4) is 0 Å². The highest BCUT2D eigenvalue weighted by molar-refractivity contribution is 8.01. The van der Waals surface area contributed by atoms with E-state index in [1.165, 1.54) is 28.2 Å².